The normalized spacial score (nSPS) is 14.8. The third-order valence-corrected chi connectivity index (χ3v) is 4.83. The van der Waals surface area contributed by atoms with E-state index in [0.717, 1.165) is 23.2 Å². The number of amides is 3. The quantitative estimate of drug-likeness (QED) is 0.799. The highest BCUT2D eigenvalue weighted by Gasteiger charge is 2.31. The summed E-state index contributed by atoms with van der Waals surface area (Å²) in [6.07, 6.45) is 1.88. The molecule has 0 unspecified atom stereocenters. The predicted octanol–water partition coefficient (Wildman–Crippen LogP) is 2.75. The highest BCUT2D eigenvalue weighted by molar-refractivity contribution is 6.43. The zero-order chi connectivity index (χ0) is 18.3. The first-order valence-electron chi connectivity index (χ1n) is 8.35. The van der Waals surface area contributed by atoms with Crippen LogP contribution >= 0.6 is 11.6 Å². The first-order chi connectivity index (χ1) is 12.5. The topological polar surface area (TPSA) is 78.5 Å². The van der Waals surface area contributed by atoms with Crippen molar-refractivity contribution >= 4 is 46.4 Å². The van der Waals surface area contributed by atoms with E-state index in [-0.39, 0.29) is 5.91 Å². The van der Waals surface area contributed by atoms with Crippen molar-refractivity contribution in [2.24, 2.45) is 0 Å². The number of nitrogens with zero attached hydrogens (tertiary/aromatic N) is 1. The van der Waals surface area contributed by atoms with Crippen molar-refractivity contribution in [2.75, 3.05) is 22.1 Å². The fraction of sp³-hybridized carbons (Fsp3) is 0.211. The number of rotatable bonds is 2. The second-order valence-electron chi connectivity index (χ2n) is 6.36. The first kappa shape index (κ1) is 16.6. The predicted molar refractivity (Wildman–Crippen MR) is 99.5 cm³/mol. The first-order valence-corrected chi connectivity index (χ1v) is 8.73. The summed E-state index contributed by atoms with van der Waals surface area (Å²) in [6.45, 7) is 0.674. The van der Waals surface area contributed by atoms with Gasteiger partial charge in [0.05, 0.1) is 5.69 Å². The average molecular weight is 370 g/mol. The molecule has 26 heavy (non-hydrogen) atoms. The molecule has 0 saturated carbocycles. The van der Waals surface area contributed by atoms with Crippen molar-refractivity contribution in [2.45, 2.75) is 19.3 Å². The van der Waals surface area contributed by atoms with Gasteiger partial charge in [-0.1, -0.05) is 17.7 Å². The Labute approximate surface area is 155 Å². The van der Waals surface area contributed by atoms with Gasteiger partial charge in [0.2, 0.25) is 5.91 Å². The highest BCUT2D eigenvalue weighted by Crippen LogP contribution is 2.38. The molecule has 0 saturated heterocycles. The Bertz CT molecular complexity index is 942. The molecule has 0 aliphatic carbocycles. The van der Waals surface area contributed by atoms with Crippen LogP contribution in [0.3, 0.4) is 0 Å². The van der Waals surface area contributed by atoms with Gasteiger partial charge in [0, 0.05) is 29.4 Å². The van der Waals surface area contributed by atoms with E-state index in [1.54, 1.807) is 24.3 Å². The van der Waals surface area contributed by atoms with E-state index in [4.69, 9.17) is 11.6 Å². The van der Waals surface area contributed by atoms with Crippen LogP contribution in [0.5, 0.6) is 0 Å². The van der Waals surface area contributed by atoms with Crippen molar-refractivity contribution in [3.63, 3.8) is 0 Å². The zero-order valence-corrected chi connectivity index (χ0v) is 14.6. The lowest BCUT2D eigenvalue weighted by molar-refractivity contribution is -0.132. The van der Waals surface area contributed by atoms with Crippen molar-refractivity contribution in [1.82, 2.24) is 0 Å². The van der Waals surface area contributed by atoms with Crippen LogP contribution in [0, 0.1) is 0 Å². The van der Waals surface area contributed by atoms with Crippen LogP contribution in [0.15, 0.2) is 36.4 Å². The van der Waals surface area contributed by atoms with Gasteiger partial charge in [-0.15, -0.1) is 0 Å². The number of aryl methyl sites for hydroxylation is 1. The largest absolute Gasteiger partial charge is 0.318 e. The van der Waals surface area contributed by atoms with Gasteiger partial charge in [-0.05, 0) is 54.3 Å². The van der Waals surface area contributed by atoms with E-state index in [0.29, 0.717) is 35.8 Å². The molecule has 0 fully saturated rings. The fourth-order valence-electron chi connectivity index (χ4n) is 3.47. The zero-order valence-electron chi connectivity index (χ0n) is 13.8. The number of benzene rings is 2. The molecule has 7 heteroatoms. The Morgan fingerprint density at radius 1 is 0.923 bits per heavy atom. The molecule has 2 aromatic rings. The molecule has 0 atom stereocenters. The maximum Gasteiger partial charge on any atom is 0.314 e. The molecular formula is C19H16ClN3O3. The van der Waals surface area contributed by atoms with Gasteiger partial charge >= 0.3 is 11.8 Å². The van der Waals surface area contributed by atoms with Gasteiger partial charge in [0.15, 0.2) is 0 Å². The minimum absolute atomic E-state index is 0.147. The number of anilines is 3. The smallest absolute Gasteiger partial charge is 0.314 e. The summed E-state index contributed by atoms with van der Waals surface area (Å²) in [5, 5.41) is 5.64. The molecule has 4 rings (SSSR count). The molecule has 0 spiro atoms. The van der Waals surface area contributed by atoms with Crippen LogP contribution < -0.4 is 15.5 Å². The minimum Gasteiger partial charge on any atom is -0.318 e. The standard InChI is InChI=1S/C19H16ClN3O3/c20-13-2-1-3-14(10-13)21-18(25)19(26)22-15-8-11-4-5-16(24)23-7-6-12(9-15)17(11)23/h1-3,8-10H,4-7H2,(H,21,25)(H,22,26). The summed E-state index contributed by atoms with van der Waals surface area (Å²) < 4.78 is 0. The molecule has 0 radical (unpaired) electrons. The van der Waals surface area contributed by atoms with Crippen LogP contribution in [0.1, 0.15) is 17.5 Å². The van der Waals surface area contributed by atoms with Gasteiger partial charge in [-0.25, -0.2) is 0 Å². The summed E-state index contributed by atoms with van der Waals surface area (Å²) in [4.78, 5) is 38.1. The van der Waals surface area contributed by atoms with Gasteiger partial charge in [0.25, 0.3) is 0 Å². The number of carbonyl (C=O) groups is 3. The number of halogens is 1. The average Bonchev–Trinajstić information content (AvgIpc) is 3.03. The van der Waals surface area contributed by atoms with Crippen molar-refractivity contribution in [1.29, 1.82) is 0 Å². The van der Waals surface area contributed by atoms with E-state index in [1.807, 2.05) is 17.0 Å². The number of hydrogen-bond acceptors (Lipinski definition) is 3. The van der Waals surface area contributed by atoms with E-state index < -0.39 is 11.8 Å². The van der Waals surface area contributed by atoms with Crippen molar-refractivity contribution < 1.29 is 14.4 Å². The molecule has 2 aliphatic rings. The Balaban J connectivity index is 1.50. The molecular weight excluding hydrogens is 354 g/mol. The lowest BCUT2D eigenvalue weighted by atomic mass is 9.98. The maximum atomic E-state index is 12.2. The summed E-state index contributed by atoms with van der Waals surface area (Å²) >= 11 is 5.87. The second-order valence-corrected chi connectivity index (χ2v) is 6.79. The van der Waals surface area contributed by atoms with Crippen molar-refractivity contribution in [3.05, 3.63) is 52.5 Å². The molecule has 3 amide bonds. The molecule has 2 heterocycles. The minimum atomic E-state index is -0.766. The Hall–Kier alpha value is -2.86. The molecule has 2 aliphatic heterocycles. The van der Waals surface area contributed by atoms with E-state index in [2.05, 4.69) is 10.6 Å². The van der Waals surface area contributed by atoms with Crippen LogP contribution in [-0.4, -0.2) is 24.3 Å². The summed E-state index contributed by atoms with van der Waals surface area (Å²) in [5.74, 6) is -1.37. The molecule has 0 bridgehead atoms. The number of carbonyl (C=O) groups excluding carboxylic acids is 3. The third-order valence-electron chi connectivity index (χ3n) is 4.60. The molecule has 6 nitrogen and oxygen atoms in total. The summed E-state index contributed by atoms with van der Waals surface area (Å²) in [6, 6.07) is 10.3. The van der Waals surface area contributed by atoms with Crippen LogP contribution in [0.4, 0.5) is 17.1 Å². The molecule has 2 N–H and O–H groups in total. The lowest BCUT2D eigenvalue weighted by Crippen LogP contribution is -2.33. The Morgan fingerprint density at radius 3 is 2.35 bits per heavy atom. The number of hydrogen-bond donors (Lipinski definition) is 2. The Kier molecular flexibility index (Phi) is 4.12. The van der Waals surface area contributed by atoms with E-state index in [1.165, 1.54) is 0 Å². The summed E-state index contributed by atoms with van der Waals surface area (Å²) in [7, 11) is 0. The van der Waals surface area contributed by atoms with Crippen molar-refractivity contribution in [3.8, 4) is 0 Å². The van der Waals surface area contributed by atoms with Gasteiger partial charge in [-0.3, -0.25) is 14.4 Å². The highest BCUT2D eigenvalue weighted by atomic mass is 35.5. The summed E-state index contributed by atoms with van der Waals surface area (Å²) in [5.41, 5.74) is 4.06. The molecule has 0 aromatic heterocycles. The van der Waals surface area contributed by atoms with E-state index in [9.17, 15) is 14.4 Å². The number of nitrogens with one attached hydrogen (secondary N) is 2. The second kappa shape index (κ2) is 6.46. The van der Waals surface area contributed by atoms with Gasteiger partial charge in [-0.2, -0.15) is 0 Å². The van der Waals surface area contributed by atoms with Crippen LogP contribution in [0.25, 0.3) is 0 Å². The van der Waals surface area contributed by atoms with Gasteiger partial charge in [0.1, 0.15) is 0 Å². The van der Waals surface area contributed by atoms with E-state index >= 15 is 0 Å². The van der Waals surface area contributed by atoms with Gasteiger partial charge < -0.3 is 15.5 Å². The van der Waals surface area contributed by atoms with Crippen LogP contribution in [-0.2, 0) is 27.2 Å². The fourth-order valence-corrected chi connectivity index (χ4v) is 3.66. The lowest BCUT2D eigenvalue weighted by Gasteiger charge is -2.25. The monoisotopic (exact) mass is 369 g/mol. The maximum absolute atomic E-state index is 12.2. The molecule has 2 aromatic carbocycles. The van der Waals surface area contributed by atoms with Crippen LogP contribution in [0.2, 0.25) is 5.02 Å². The molecule has 132 valence electrons. The SMILES string of the molecule is O=C(Nc1cccc(Cl)c1)C(=O)Nc1cc2c3c(c1)CCN3C(=O)CC2. The Morgan fingerprint density at radius 2 is 1.62 bits per heavy atom. The third kappa shape index (κ3) is 3.04.